The van der Waals surface area contributed by atoms with Crippen LogP contribution in [-0.4, -0.2) is 42.1 Å². The molecule has 0 saturated heterocycles. The van der Waals surface area contributed by atoms with Crippen molar-refractivity contribution < 1.29 is 19.4 Å². The van der Waals surface area contributed by atoms with Crippen LogP contribution < -0.4 is 0 Å². The van der Waals surface area contributed by atoms with E-state index in [2.05, 4.69) is 0 Å². The number of ether oxygens (including phenoxy) is 1. The molecule has 0 radical (unpaired) electrons. The molecule has 0 heterocycles. The highest BCUT2D eigenvalue weighted by Crippen LogP contribution is 2.17. The second-order valence-corrected chi connectivity index (χ2v) is 4.19. The zero-order valence-electron chi connectivity index (χ0n) is 10.7. The number of carboxylic acids is 1. The molecule has 1 N–H and O–H groups in total. The first-order chi connectivity index (χ1) is 8.43. The molecular weight excluding hydrogens is 234 g/mol. The summed E-state index contributed by atoms with van der Waals surface area (Å²) < 4.78 is 5.16. The van der Waals surface area contributed by atoms with Gasteiger partial charge < -0.3 is 9.84 Å². The van der Waals surface area contributed by atoms with Crippen LogP contribution in [0.2, 0.25) is 0 Å². The second-order valence-electron chi connectivity index (χ2n) is 4.19. The molecule has 18 heavy (non-hydrogen) atoms. The molecule has 5 nitrogen and oxygen atoms in total. The van der Waals surface area contributed by atoms with Crippen molar-refractivity contribution in [2.75, 3.05) is 14.1 Å². The van der Waals surface area contributed by atoms with Crippen molar-refractivity contribution in [3.63, 3.8) is 0 Å². The van der Waals surface area contributed by atoms with Crippen LogP contribution >= 0.6 is 0 Å². The minimum Gasteiger partial charge on any atom is -0.480 e. The van der Waals surface area contributed by atoms with E-state index >= 15 is 0 Å². The Morgan fingerprint density at radius 2 is 1.78 bits per heavy atom. The van der Waals surface area contributed by atoms with E-state index in [4.69, 9.17) is 9.84 Å². The monoisotopic (exact) mass is 251 g/mol. The molecule has 0 fully saturated rings. The zero-order chi connectivity index (χ0) is 13.7. The molecule has 1 aromatic rings. The third kappa shape index (κ3) is 3.56. The Hall–Kier alpha value is -1.88. The molecule has 98 valence electrons. The molecule has 0 bridgehead atoms. The van der Waals surface area contributed by atoms with Gasteiger partial charge in [0.2, 0.25) is 6.04 Å². The fraction of sp³-hybridized carbons (Fsp3) is 0.385. The molecule has 0 aliphatic rings. The highest BCUT2D eigenvalue weighted by Gasteiger charge is 2.31. The fourth-order valence-corrected chi connectivity index (χ4v) is 1.56. The summed E-state index contributed by atoms with van der Waals surface area (Å²) in [7, 11) is 3.04. The van der Waals surface area contributed by atoms with Crippen molar-refractivity contribution in [3.8, 4) is 0 Å². The number of likely N-dealkylation sites (N-methyl/N-ethyl adjacent to an activating group) is 1. The van der Waals surface area contributed by atoms with Crippen LogP contribution in [0.4, 0.5) is 0 Å². The maximum absolute atomic E-state index is 11.8. The smallest absolute Gasteiger partial charge is 0.335 e. The number of carboxylic acid groups (broad SMARTS) is 1. The van der Waals surface area contributed by atoms with Gasteiger partial charge in [-0.05, 0) is 26.6 Å². The summed E-state index contributed by atoms with van der Waals surface area (Å²) >= 11 is 0. The minimum absolute atomic E-state index is 0.472. The van der Waals surface area contributed by atoms with Gasteiger partial charge in [0.25, 0.3) is 0 Å². The van der Waals surface area contributed by atoms with Crippen molar-refractivity contribution in [1.82, 2.24) is 4.90 Å². The number of carbonyl (C=O) groups excluding carboxylic acids is 1. The maximum atomic E-state index is 11.8. The zero-order valence-corrected chi connectivity index (χ0v) is 10.7. The highest BCUT2D eigenvalue weighted by molar-refractivity contribution is 5.98. The Morgan fingerprint density at radius 1 is 1.22 bits per heavy atom. The normalized spacial score (nSPS) is 14.0. The Labute approximate surface area is 106 Å². The third-order valence-corrected chi connectivity index (χ3v) is 2.54. The van der Waals surface area contributed by atoms with Crippen LogP contribution in [0.25, 0.3) is 0 Å². The van der Waals surface area contributed by atoms with Crippen molar-refractivity contribution in [2.45, 2.75) is 19.1 Å². The molecule has 2 unspecified atom stereocenters. The number of benzene rings is 1. The molecule has 2 atom stereocenters. The van der Waals surface area contributed by atoms with Gasteiger partial charge in [-0.25, -0.2) is 9.59 Å². The SMILES string of the molecule is CC(OC(=O)C(C(=O)O)N(C)C)c1ccccc1. The van der Waals surface area contributed by atoms with E-state index in [1.165, 1.54) is 19.0 Å². The predicted molar refractivity (Wildman–Crippen MR) is 66.1 cm³/mol. The first-order valence-corrected chi connectivity index (χ1v) is 5.58. The van der Waals surface area contributed by atoms with Crippen LogP contribution in [0, 0.1) is 0 Å². The first-order valence-electron chi connectivity index (χ1n) is 5.58. The van der Waals surface area contributed by atoms with Crippen molar-refractivity contribution in [1.29, 1.82) is 0 Å². The van der Waals surface area contributed by atoms with Gasteiger partial charge in [-0.15, -0.1) is 0 Å². The minimum atomic E-state index is -1.28. The van der Waals surface area contributed by atoms with Crippen LogP contribution in [0.3, 0.4) is 0 Å². The highest BCUT2D eigenvalue weighted by atomic mass is 16.5. The van der Waals surface area contributed by atoms with Crippen LogP contribution in [-0.2, 0) is 14.3 Å². The van der Waals surface area contributed by atoms with Crippen LogP contribution in [0.15, 0.2) is 30.3 Å². The van der Waals surface area contributed by atoms with Gasteiger partial charge >= 0.3 is 11.9 Å². The topological polar surface area (TPSA) is 66.8 Å². The molecule has 1 aromatic carbocycles. The Kier molecular flexibility index (Phi) is 4.85. The Bertz CT molecular complexity index is 416. The lowest BCUT2D eigenvalue weighted by atomic mass is 10.1. The molecule has 0 spiro atoms. The van der Waals surface area contributed by atoms with Gasteiger partial charge in [-0.2, -0.15) is 0 Å². The molecule has 0 aliphatic heterocycles. The van der Waals surface area contributed by atoms with E-state index in [-0.39, 0.29) is 0 Å². The van der Waals surface area contributed by atoms with Gasteiger partial charge in [0, 0.05) is 0 Å². The average molecular weight is 251 g/mol. The quantitative estimate of drug-likeness (QED) is 0.631. The standard InChI is InChI=1S/C13H17NO4/c1-9(10-7-5-4-6-8-10)18-13(17)11(12(15)16)14(2)3/h4-9,11H,1-3H3,(H,15,16). The number of aliphatic carboxylic acids is 1. The van der Waals surface area contributed by atoms with E-state index in [1.807, 2.05) is 30.3 Å². The fourth-order valence-electron chi connectivity index (χ4n) is 1.56. The summed E-state index contributed by atoms with van der Waals surface area (Å²) in [4.78, 5) is 24.0. The van der Waals surface area contributed by atoms with Gasteiger partial charge in [-0.3, -0.25) is 4.90 Å². The molecule has 0 aromatic heterocycles. The molecule has 0 aliphatic carbocycles. The van der Waals surface area contributed by atoms with Crippen LogP contribution in [0.1, 0.15) is 18.6 Å². The van der Waals surface area contributed by atoms with Gasteiger partial charge in [0.1, 0.15) is 6.10 Å². The average Bonchev–Trinajstić information content (AvgIpc) is 2.28. The molecule has 0 saturated carbocycles. The van der Waals surface area contributed by atoms with E-state index in [0.717, 1.165) is 5.56 Å². The lowest BCUT2D eigenvalue weighted by Gasteiger charge is -2.21. The number of nitrogens with zero attached hydrogens (tertiary/aromatic N) is 1. The molecule has 0 amide bonds. The van der Waals surface area contributed by atoms with Gasteiger partial charge in [0.05, 0.1) is 0 Å². The second kappa shape index (κ2) is 6.16. The lowest BCUT2D eigenvalue weighted by molar-refractivity contribution is -0.162. The summed E-state index contributed by atoms with van der Waals surface area (Å²) in [6, 6.07) is 7.89. The Balaban J connectivity index is 2.72. The summed E-state index contributed by atoms with van der Waals surface area (Å²) in [6.07, 6.45) is -0.472. The van der Waals surface area contributed by atoms with E-state index in [9.17, 15) is 9.59 Å². The summed E-state index contributed by atoms with van der Waals surface area (Å²) in [5.74, 6) is -1.98. The number of hydrogen-bond donors (Lipinski definition) is 1. The number of esters is 1. The summed E-state index contributed by atoms with van der Waals surface area (Å²) in [5.41, 5.74) is 0.828. The van der Waals surface area contributed by atoms with E-state index < -0.39 is 24.1 Å². The first kappa shape index (κ1) is 14.2. The number of hydrogen-bond acceptors (Lipinski definition) is 4. The van der Waals surface area contributed by atoms with E-state index in [0.29, 0.717) is 0 Å². The van der Waals surface area contributed by atoms with Gasteiger partial charge in [-0.1, -0.05) is 30.3 Å². The van der Waals surface area contributed by atoms with Crippen LogP contribution in [0.5, 0.6) is 0 Å². The largest absolute Gasteiger partial charge is 0.480 e. The van der Waals surface area contributed by atoms with Crippen molar-refractivity contribution in [2.24, 2.45) is 0 Å². The summed E-state index contributed by atoms with van der Waals surface area (Å²) in [6.45, 7) is 1.71. The predicted octanol–water partition coefficient (Wildman–Crippen LogP) is 1.31. The summed E-state index contributed by atoms with van der Waals surface area (Å²) in [5, 5.41) is 8.96. The van der Waals surface area contributed by atoms with Crippen molar-refractivity contribution >= 4 is 11.9 Å². The molecule has 5 heteroatoms. The lowest BCUT2D eigenvalue weighted by Crippen LogP contribution is -2.43. The molecule has 1 rings (SSSR count). The van der Waals surface area contributed by atoms with Gasteiger partial charge in [0.15, 0.2) is 0 Å². The maximum Gasteiger partial charge on any atom is 0.335 e. The van der Waals surface area contributed by atoms with E-state index in [1.54, 1.807) is 6.92 Å². The number of carbonyl (C=O) groups is 2. The Morgan fingerprint density at radius 3 is 2.22 bits per heavy atom. The third-order valence-electron chi connectivity index (χ3n) is 2.54. The molecular formula is C13H17NO4. The number of rotatable bonds is 5. The van der Waals surface area contributed by atoms with Crippen molar-refractivity contribution in [3.05, 3.63) is 35.9 Å².